The van der Waals surface area contributed by atoms with Gasteiger partial charge in [0, 0.05) is 0 Å². The van der Waals surface area contributed by atoms with E-state index < -0.39 is 11.7 Å². The van der Waals surface area contributed by atoms with Crippen LogP contribution in [0.25, 0.3) is 10.2 Å². The monoisotopic (exact) mass is 375 g/mol. The molecule has 114 valence electrons. The van der Waals surface area contributed by atoms with E-state index in [-0.39, 0.29) is 24.5 Å². The summed E-state index contributed by atoms with van der Waals surface area (Å²) in [7, 11) is 0. The van der Waals surface area contributed by atoms with Crippen molar-refractivity contribution >= 4 is 43.6 Å². The maximum absolute atomic E-state index is 11.9. The molecule has 3 N–H and O–H groups in total. The van der Waals surface area contributed by atoms with Crippen LogP contribution >= 0.6 is 27.3 Å². The first-order valence-electron chi connectivity index (χ1n) is 6.04. The molecule has 0 aliphatic heterocycles. The fourth-order valence-corrected chi connectivity index (χ4v) is 3.29. The van der Waals surface area contributed by atoms with Crippen molar-refractivity contribution < 1.29 is 15.0 Å². The third-order valence-corrected chi connectivity index (χ3v) is 4.22. The van der Waals surface area contributed by atoms with Crippen LogP contribution in [0.5, 0.6) is 0 Å². The minimum absolute atomic E-state index is 0.0859. The molecule has 9 heteroatoms. The van der Waals surface area contributed by atoms with E-state index in [0.29, 0.717) is 10.2 Å². The van der Waals surface area contributed by atoms with E-state index in [9.17, 15) is 19.8 Å². The van der Waals surface area contributed by atoms with E-state index >= 15 is 0 Å². The van der Waals surface area contributed by atoms with E-state index in [1.807, 2.05) is 0 Å². The van der Waals surface area contributed by atoms with E-state index in [2.05, 4.69) is 25.9 Å². The molecule has 0 aliphatic carbocycles. The topological polar surface area (TPSA) is 107 Å². The average molecular weight is 376 g/mol. The highest BCUT2D eigenvalue weighted by Gasteiger charge is 2.23. The number of rotatable bonds is 4. The summed E-state index contributed by atoms with van der Waals surface area (Å²) in [6.45, 7) is 2.84. The molecule has 2 heterocycles. The van der Waals surface area contributed by atoms with Gasteiger partial charge >= 0.3 is 6.09 Å². The Morgan fingerprint density at radius 2 is 2.24 bits per heavy atom. The zero-order valence-electron chi connectivity index (χ0n) is 11.4. The number of hydrogen-bond acceptors (Lipinski definition) is 5. The van der Waals surface area contributed by atoms with E-state index in [1.165, 1.54) is 25.2 Å². The van der Waals surface area contributed by atoms with Crippen LogP contribution in [-0.2, 0) is 6.54 Å². The summed E-state index contributed by atoms with van der Waals surface area (Å²) in [5.74, 6) is 0.240. The van der Waals surface area contributed by atoms with E-state index in [0.717, 1.165) is 8.69 Å². The SMILES string of the molecule is CC(C)(O)CN(Cc1nc2cc(Br)sc2c(=O)[nH]1)C(=O)O. The lowest BCUT2D eigenvalue weighted by Crippen LogP contribution is -2.41. The van der Waals surface area contributed by atoms with Crippen molar-refractivity contribution in [3.05, 3.63) is 26.0 Å². The lowest BCUT2D eigenvalue weighted by molar-refractivity contribution is 0.0338. The molecule has 21 heavy (non-hydrogen) atoms. The third kappa shape index (κ3) is 4.02. The minimum Gasteiger partial charge on any atom is -0.465 e. The van der Waals surface area contributed by atoms with E-state index in [4.69, 9.17) is 0 Å². The Kier molecular flexibility index (Phi) is 4.35. The van der Waals surface area contributed by atoms with Gasteiger partial charge < -0.3 is 15.2 Å². The molecule has 0 atom stereocenters. The molecule has 0 fully saturated rings. The third-order valence-electron chi connectivity index (χ3n) is 2.59. The van der Waals surface area contributed by atoms with Crippen molar-refractivity contribution in [2.24, 2.45) is 0 Å². The van der Waals surface area contributed by atoms with Gasteiger partial charge in [-0.25, -0.2) is 9.78 Å². The van der Waals surface area contributed by atoms with Crippen LogP contribution in [0.1, 0.15) is 19.7 Å². The number of aromatic nitrogens is 2. The predicted molar refractivity (Wildman–Crippen MR) is 82.7 cm³/mol. The molecule has 0 unspecified atom stereocenters. The maximum Gasteiger partial charge on any atom is 0.407 e. The number of carboxylic acid groups (broad SMARTS) is 1. The highest BCUT2D eigenvalue weighted by molar-refractivity contribution is 9.11. The zero-order chi connectivity index (χ0) is 15.8. The standard InChI is InChI=1S/C12H14BrN3O4S/c1-12(2,20)5-16(11(18)19)4-8-14-6-3-7(13)21-9(6)10(17)15-8/h3,20H,4-5H2,1-2H3,(H,18,19)(H,14,15,17). The second-order valence-corrected chi connectivity index (χ2v) is 7.66. The Morgan fingerprint density at radius 1 is 1.57 bits per heavy atom. The van der Waals surface area contributed by atoms with E-state index in [1.54, 1.807) is 6.07 Å². The van der Waals surface area contributed by atoms with Crippen molar-refractivity contribution in [2.45, 2.75) is 26.0 Å². The zero-order valence-corrected chi connectivity index (χ0v) is 13.8. The molecule has 0 aromatic carbocycles. The summed E-state index contributed by atoms with van der Waals surface area (Å²) in [4.78, 5) is 31.0. The second kappa shape index (κ2) is 5.74. The van der Waals surface area contributed by atoms with Crippen molar-refractivity contribution in [1.29, 1.82) is 0 Å². The summed E-state index contributed by atoms with van der Waals surface area (Å²) in [6.07, 6.45) is -1.19. The highest BCUT2D eigenvalue weighted by atomic mass is 79.9. The first kappa shape index (κ1) is 15.9. The van der Waals surface area contributed by atoms with Crippen molar-refractivity contribution in [1.82, 2.24) is 14.9 Å². The fourth-order valence-electron chi connectivity index (χ4n) is 1.87. The van der Waals surface area contributed by atoms with Gasteiger partial charge in [0.25, 0.3) is 5.56 Å². The fraction of sp³-hybridized carbons (Fsp3) is 0.417. The number of nitrogens with one attached hydrogen (secondary N) is 1. The summed E-state index contributed by atoms with van der Waals surface area (Å²) in [5, 5.41) is 18.9. The number of fused-ring (bicyclic) bond motifs is 1. The van der Waals surface area contributed by atoms with Crippen molar-refractivity contribution in [3.63, 3.8) is 0 Å². The molecule has 0 saturated heterocycles. The molecule has 2 aromatic rings. The number of amides is 1. The molecule has 0 bridgehead atoms. The largest absolute Gasteiger partial charge is 0.465 e. The van der Waals surface area contributed by atoms with Gasteiger partial charge in [0.05, 0.1) is 28.0 Å². The second-order valence-electron chi connectivity index (χ2n) is 5.23. The molecule has 2 rings (SSSR count). The summed E-state index contributed by atoms with van der Waals surface area (Å²) in [6, 6.07) is 1.71. The Labute approximate surface area is 132 Å². The highest BCUT2D eigenvalue weighted by Crippen LogP contribution is 2.25. The predicted octanol–water partition coefficient (Wildman–Crippen LogP) is 2.00. The van der Waals surface area contributed by atoms with Crippen molar-refractivity contribution in [3.8, 4) is 0 Å². The molecule has 1 amide bonds. The van der Waals surface area contributed by atoms with Gasteiger partial charge in [0.2, 0.25) is 0 Å². The normalized spacial score (nSPS) is 11.8. The number of aliphatic hydroxyl groups is 1. The number of H-pyrrole nitrogens is 1. The quantitative estimate of drug-likeness (QED) is 0.757. The summed E-state index contributed by atoms with van der Waals surface area (Å²) >= 11 is 4.55. The molecule has 0 saturated carbocycles. The Balaban J connectivity index is 2.32. The van der Waals surface area contributed by atoms with Gasteiger partial charge in [-0.05, 0) is 35.8 Å². The van der Waals surface area contributed by atoms with Crippen molar-refractivity contribution in [2.75, 3.05) is 6.54 Å². The molecular formula is C12H14BrN3O4S. The smallest absolute Gasteiger partial charge is 0.407 e. The lowest BCUT2D eigenvalue weighted by Gasteiger charge is -2.26. The Bertz CT molecular complexity index is 734. The van der Waals surface area contributed by atoms with Gasteiger partial charge in [0.1, 0.15) is 10.5 Å². The van der Waals surface area contributed by atoms with Gasteiger partial charge in [-0.2, -0.15) is 0 Å². The number of aromatic amines is 1. The molecular weight excluding hydrogens is 362 g/mol. The molecule has 7 nitrogen and oxygen atoms in total. The number of halogens is 1. The molecule has 0 aliphatic rings. The van der Waals surface area contributed by atoms with Gasteiger partial charge in [0.15, 0.2) is 0 Å². The lowest BCUT2D eigenvalue weighted by atomic mass is 10.1. The summed E-state index contributed by atoms with van der Waals surface area (Å²) < 4.78 is 1.26. The first-order valence-corrected chi connectivity index (χ1v) is 7.65. The number of hydrogen-bond donors (Lipinski definition) is 3. The van der Waals surface area contributed by atoms with Crippen LogP contribution in [0, 0.1) is 0 Å². The van der Waals surface area contributed by atoms with Crippen LogP contribution in [0.3, 0.4) is 0 Å². The van der Waals surface area contributed by atoms with Crippen LogP contribution in [0.2, 0.25) is 0 Å². The van der Waals surface area contributed by atoms with Crippen LogP contribution in [0.15, 0.2) is 14.6 Å². The van der Waals surface area contributed by atoms with Gasteiger partial charge in [-0.15, -0.1) is 11.3 Å². The Hall–Kier alpha value is -1.45. The molecule has 2 aromatic heterocycles. The van der Waals surface area contributed by atoms with Gasteiger partial charge in [-0.3, -0.25) is 9.69 Å². The van der Waals surface area contributed by atoms with Crippen LogP contribution < -0.4 is 5.56 Å². The summed E-state index contributed by atoms with van der Waals surface area (Å²) in [5.41, 5.74) is -0.965. The average Bonchev–Trinajstić information content (AvgIpc) is 2.67. The number of nitrogens with zero attached hydrogens (tertiary/aromatic N) is 2. The minimum atomic E-state index is -1.19. The Morgan fingerprint density at radius 3 is 2.81 bits per heavy atom. The number of carbonyl (C=O) groups is 1. The first-order chi connectivity index (χ1) is 9.65. The maximum atomic E-state index is 11.9. The molecule has 0 radical (unpaired) electrons. The number of thiophene rings is 1. The van der Waals surface area contributed by atoms with Crippen LogP contribution in [-0.4, -0.2) is 43.3 Å². The van der Waals surface area contributed by atoms with Crippen LogP contribution in [0.4, 0.5) is 4.79 Å². The molecule has 0 spiro atoms. The van der Waals surface area contributed by atoms with Gasteiger partial charge in [-0.1, -0.05) is 0 Å².